The molecule has 1 atom stereocenters. The van der Waals surface area contributed by atoms with Crippen LogP contribution in [0.5, 0.6) is 17.2 Å². The van der Waals surface area contributed by atoms with Crippen molar-refractivity contribution in [2.75, 3.05) is 13.2 Å². The Morgan fingerprint density at radius 3 is 1.60 bits per heavy atom. The zero-order valence-electron chi connectivity index (χ0n) is 28.8. The van der Waals surface area contributed by atoms with E-state index in [9.17, 15) is 14.4 Å². The molecule has 0 aliphatic carbocycles. The minimum Gasteiger partial charge on any atom is -0.494 e. The van der Waals surface area contributed by atoms with E-state index in [1.54, 1.807) is 24.3 Å². The van der Waals surface area contributed by atoms with E-state index in [1.807, 2.05) is 13.8 Å². The first-order chi connectivity index (χ1) is 23.3. The average molecular weight is 679 g/mol. The largest absolute Gasteiger partial charge is 0.494 e. The van der Waals surface area contributed by atoms with Gasteiger partial charge in [0.25, 0.3) is 0 Å². The molecule has 0 aliphatic heterocycles. The van der Waals surface area contributed by atoms with E-state index in [1.165, 1.54) is 107 Å². The van der Waals surface area contributed by atoms with E-state index in [0.29, 0.717) is 18.8 Å². The second-order valence-electron chi connectivity index (χ2n) is 12.3. The summed E-state index contributed by atoms with van der Waals surface area (Å²) < 4.78 is 22.0. The summed E-state index contributed by atoms with van der Waals surface area (Å²) in [6.07, 6.45) is 16.5. The predicted molar refractivity (Wildman–Crippen MR) is 191 cm³/mol. The number of hydrogen-bond donors (Lipinski definition) is 0. The molecule has 0 bridgehead atoms. The van der Waals surface area contributed by atoms with Crippen LogP contribution in [0.4, 0.5) is 0 Å². The molecule has 260 valence electrons. The number of rotatable bonds is 22. The van der Waals surface area contributed by atoms with Crippen molar-refractivity contribution < 1.29 is 33.3 Å². The SMILES string of the molecule is CCCCCCCCCCCCCCOc1ccc(C(=O)Oc2ccc(C(=O)Oc3ccc(C(=O)OC[C@@H](C)CC)c(Cl)c3)cc2)cc1. The van der Waals surface area contributed by atoms with Gasteiger partial charge < -0.3 is 18.9 Å². The van der Waals surface area contributed by atoms with Crippen LogP contribution in [0.1, 0.15) is 135 Å². The molecule has 7 nitrogen and oxygen atoms in total. The molecule has 0 spiro atoms. The fourth-order valence-corrected chi connectivity index (χ4v) is 5.20. The minimum atomic E-state index is -0.630. The first-order valence-electron chi connectivity index (χ1n) is 17.5. The zero-order chi connectivity index (χ0) is 34.6. The lowest BCUT2D eigenvalue weighted by molar-refractivity contribution is 0.0447. The fraction of sp³-hybridized carbons (Fsp3) is 0.475. The van der Waals surface area contributed by atoms with Crippen molar-refractivity contribution in [3.05, 3.63) is 88.4 Å². The van der Waals surface area contributed by atoms with E-state index in [-0.39, 0.29) is 33.6 Å². The summed E-state index contributed by atoms with van der Waals surface area (Å²) in [6.45, 7) is 7.22. The van der Waals surface area contributed by atoms with Gasteiger partial charge in [0.05, 0.1) is 34.9 Å². The normalized spacial score (nSPS) is 11.5. The number of esters is 3. The van der Waals surface area contributed by atoms with Crippen molar-refractivity contribution >= 4 is 29.5 Å². The third kappa shape index (κ3) is 14.1. The summed E-state index contributed by atoms with van der Waals surface area (Å²) in [6, 6.07) is 17.3. The molecule has 0 saturated heterocycles. The Hall–Kier alpha value is -3.84. The van der Waals surface area contributed by atoms with Gasteiger partial charge in [0.1, 0.15) is 17.2 Å². The number of carbonyl (C=O) groups is 3. The Morgan fingerprint density at radius 1 is 0.604 bits per heavy atom. The van der Waals surface area contributed by atoms with Crippen LogP contribution in [0.15, 0.2) is 66.7 Å². The molecular weight excluding hydrogens is 628 g/mol. The van der Waals surface area contributed by atoms with Crippen molar-refractivity contribution in [2.24, 2.45) is 5.92 Å². The summed E-state index contributed by atoms with van der Waals surface area (Å²) in [5, 5.41) is 0.121. The topological polar surface area (TPSA) is 88.1 Å². The van der Waals surface area contributed by atoms with Gasteiger partial charge in [-0.25, -0.2) is 14.4 Å². The van der Waals surface area contributed by atoms with Gasteiger partial charge in [0, 0.05) is 6.07 Å². The molecule has 0 unspecified atom stereocenters. The van der Waals surface area contributed by atoms with Gasteiger partial charge in [-0.2, -0.15) is 0 Å². The Kier molecular flexibility index (Phi) is 17.6. The molecule has 3 aromatic carbocycles. The molecule has 0 radical (unpaired) electrons. The Bertz CT molecular complexity index is 1400. The molecule has 0 amide bonds. The van der Waals surface area contributed by atoms with Crippen LogP contribution < -0.4 is 14.2 Å². The molecule has 0 aromatic heterocycles. The second kappa shape index (κ2) is 21.9. The highest BCUT2D eigenvalue weighted by Crippen LogP contribution is 2.25. The molecule has 0 aliphatic rings. The van der Waals surface area contributed by atoms with Crippen molar-refractivity contribution in [3.63, 3.8) is 0 Å². The average Bonchev–Trinajstić information content (AvgIpc) is 3.09. The second-order valence-corrected chi connectivity index (χ2v) is 12.7. The Morgan fingerprint density at radius 2 is 1.08 bits per heavy atom. The van der Waals surface area contributed by atoms with Gasteiger partial charge >= 0.3 is 17.9 Å². The smallest absolute Gasteiger partial charge is 0.343 e. The zero-order valence-corrected chi connectivity index (χ0v) is 29.5. The molecule has 3 rings (SSSR count). The van der Waals surface area contributed by atoms with Crippen molar-refractivity contribution in [1.82, 2.24) is 0 Å². The van der Waals surface area contributed by atoms with Crippen LogP contribution in [-0.2, 0) is 4.74 Å². The van der Waals surface area contributed by atoms with Crippen LogP contribution >= 0.6 is 11.6 Å². The molecule has 8 heteroatoms. The summed E-state index contributed by atoms with van der Waals surface area (Å²) in [5.74, 6) is -0.251. The van der Waals surface area contributed by atoms with Gasteiger partial charge in [-0.15, -0.1) is 0 Å². The third-order valence-electron chi connectivity index (χ3n) is 8.22. The number of carbonyl (C=O) groups excluding carboxylic acids is 3. The molecule has 0 fully saturated rings. The van der Waals surface area contributed by atoms with Crippen LogP contribution in [0.2, 0.25) is 5.02 Å². The highest BCUT2D eigenvalue weighted by molar-refractivity contribution is 6.33. The number of unbranched alkanes of at least 4 members (excludes halogenated alkanes) is 11. The van der Waals surface area contributed by atoms with Crippen LogP contribution in [0, 0.1) is 5.92 Å². The molecule has 0 heterocycles. The lowest BCUT2D eigenvalue weighted by Crippen LogP contribution is -2.12. The summed E-state index contributed by atoms with van der Waals surface area (Å²) in [4.78, 5) is 37.7. The van der Waals surface area contributed by atoms with Crippen LogP contribution in [0.3, 0.4) is 0 Å². The van der Waals surface area contributed by atoms with E-state index in [0.717, 1.165) is 25.0 Å². The van der Waals surface area contributed by atoms with Crippen molar-refractivity contribution in [1.29, 1.82) is 0 Å². The molecular formula is C40H51ClO7. The number of hydrogen-bond acceptors (Lipinski definition) is 7. The highest BCUT2D eigenvalue weighted by atomic mass is 35.5. The molecule has 0 saturated carbocycles. The van der Waals surface area contributed by atoms with Gasteiger partial charge in [0.2, 0.25) is 0 Å². The quantitative estimate of drug-likeness (QED) is 0.0593. The first-order valence-corrected chi connectivity index (χ1v) is 17.9. The number of ether oxygens (including phenoxy) is 4. The summed E-state index contributed by atoms with van der Waals surface area (Å²) >= 11 is 6.25. The van der Waals surface area contributed by atoms with Crippen molar-refractivity contribution in [3.8, 4) is 17.2 Å². The molecule has 48 heavy (non-hydrogen) atoms. The maximum absolute atomic E-state index is 12.7. The monoisotopic (exact) mass is 678 g/mol. The lowest BCUT2D eigenvalue weighted by Gasteiger charge is -2.11. The highest BCUT2D eigenvalue weighted by Gasteiger charge is 2.16. The van der Waals surface area contributed by atoms with Crippen LogP contribution in [-0.4, -0.2) is 31.1 Å². The van der Waals surface area contributed by atoms with Crippen LogP contribution in [0.25, 0.3) is 0 Å². The number of halogens is 1. The maximum Gasteiger partial charge on any atom is 0.343 e. The van der Waals surface area contributed by atoms with E-state index >= 15 is 0 Å². The fourth-order valence-electron chi connectivity index (χ4n) is 4.95. The van der Waals surface area contributed by atoms with Gasteiger partial charge in [0.15, 0.2) is 0 Å². The first kappa shape index (κ1) is 38.6. The number of benzene rings is 3. The lowest BCUT2D eigenvalue weighted by atomic mass is 10.1. The minimum absolute atomic E-state index is 0.121. The van der Waals surface area contributed by atoms with E-state index in [4.69, 9.17) is 30.5 Å². The molecule has 0 N–H and O–H groups in total. The third-order valence-corrected chi connectivity index (χ3v) is 8.54. The Labute approximate surface area is 291 Å². The predicted octanol–water partition coefficient (Wildman–Crippen LogP) is 11.1. The van der Waals surface area contributed by atoms with Gasteiger partial charge in [-0.05, 0) is 73.0 Å². The standard InChI is InChI=1S/C40H51ClO7/c1-4-6-7-8-9-10-11-12-13-14-15-16-27-45-33-21-17-31(18-22-33)38(42)47-34-23-19-32(20-24-34)39(43)48-35-25-26-36(37(41)28-35)40(44)46-29-30(3)5-2/h17-26,28,30H,4-16,27,29H2,1-3H3/t30-/m0/s1. The Balaban J connectivity index is 1.35. The summed E-state index contributed by atoms with van der Waals surface area (Å²) in [7, 11) is 0. The molecule has 3 aromatic rings. The van der Waals surface area contributed by atoms with E-state index in [2.05, 4.69) is 6.92 Å². The van der Waals surface area contributed by atoms with E-state index < -0.39 is 17.9 Å². The summed E-state index contributed by atoms with van der Waals surface area (Å²) in [5.41, 5.74) is 0.834. The van der Waals surface area contributed by atoms with Gasteiger partial charge in [-0.3, -0.25) is 0 Å². The van der Waals surface area contributed by atoms with Crippen molar-refractivity contribution in [2.45, 2.75) is 104 Å². The van der Waals surface area contributed by atoms with Gasteiger partial charge in [-0.1, -0.05) is 109 Å². The maximum atomic E-state index is 12.7.